The van der Waals surface area contributed by atoms with Gasteiger partial charge in [-0.3, -0.25) is 4.79 Å². The van der Waals surface area contributed by atoms with Gasteiger partial charge in [-0.1, -0.05) is 11.6 Å². The second-order valence-electron chi connectivity index (χ2n) is 3.58. The summed E-state index contributed by atoms with van der Waals surface area (Å²) in [5.41, 5.74) is 0.434. The van der Waals surface area contributed by atoms with Gasteiger partial charge >= 0.3 is 0 Å². The Morgan fingerprint density at radius 1 is 1.71 bits per heavy atom. The lowest BCUT2D eigenvalue weighted by atomic mass is 10.2. The number of anilines is 1. The van der Waals surface area contributed by atoms with Crippen molar-refractivity contribution in [2.75, 3.05) is 11.4 Å². The molecule has 0 amide bonds. The first kappa shape index (κ1) is 9.52. The van der Waals surface area contributed by atoms with E-state index < -0.39 is 0 Å². The van der Waals surface area contributed by atoms with Gasteiger partial charge in [-0.2, -0.15) is 5.10 Å². The first-order valence-electron chi connectivity index (χ1n) is 4.70. The Bertz CT molecular complexity index is 390. The maximum atomic E-state index is 11.2. The van der Waals surface area contributed by atoms with Gasteiger partial charge in [0.05, 0.1) is 11.9 Å². The van der Waals surface area contributed by atoms with E-state index in [2.05, 4.69) is 22.0 Å². The van der Waals surface area contributed by atoms with Gasteiger partial charge in [0, 0.05) is 12.6 Å². The maximum absolute atomic E-state index is 11.2. The molecule has 14 heavy (non-hydrogen) atoms. The average molecular weight is 214 g/mol. The summed E-state index contributed by atoms with van der Waals surface area (Å²) in [6.45, 7) is 3.08. The van der Waals surface area contributed by atoms with E-state index in [1.165, 1.54) is 0 Å². The van der Waals surface area contributed by atoms with Gasteiger partial charge in [-0.15, -0.1) is 0 Å². The van der Waals surface area contributed by atoms with Crippen LogP contribution in [0, 0.1) is 0 Å². The molecule has 1 N–H and O–H groups in total. The Kier molecular flexibility index (Phi) is 2.46. The second-order valence-corrected chi connectivity index (χ2v) is 3.96. The molecule has 0 aliphatic carbocycles. The van der Waals surface area contributed by atoms with Crippen LogP contribution in [0.15, 0.2) is 11.0 Å². The Morgan fingerprint density at radius 2 is 2.50 bits per heavy atom. The minimum atomic E-state index is -0.316. The molecule has 2 rings (SSSR count). The largest absolute Gasteiger partial charge is 0.366 e. The molecule has 4 nitrogen and oxygen atoms in total. The lowest BCUT2D eigenvalue weighted by Crippen LogP contribution is -2.28. The summed E-state index contributed by atoms with van der Waals surface area (Å²) in [4.78, 5) is 13.4. The van der Waals surface area contributed by atoms with Gasteiger partial charge in [0.1, 0.15) is 5.02 Å². The van der Waals surface area contributed by atoms with Crippen molar-refractivity contribution in [3.63, 3.8) is 0 Å². The molecule has 0 radical (unpaired) electrons. The quantitative estimate of drug-likeness (QED) is 0.768. The van der Waals surface area contributed by atoms with Crippen molar-refractivity contribution in [3.8, 4) is 0 Å². The molecule has 0 aromatic carbocycles. The number of hydrogen-bond acceptors (Lipinski definition) is 3. The highest BCUT2D eigenvalue weighted by molar-refractivity contribution is 6.33. The highest BCUT2D eigenvalue weighted by Gasteiger charge is 2.23. The molecule has 1 atom stereocenters. The summed E-state index contributed by atoms with van der Waals surface area (Å²) in [5, 5.41) is 6.32. The fourth-order valence-corrected chi connectivity index (χ4v) is 2.07. The predicted octanol–water partition coefficient (Wildman–Crippen LogP) is 1.41. The van der Waals surface area contributed by atoms with E-state index in [1.54, 1.807) is 6.20 Å². The predicted molar refractivity (Wildman–Crippen MR) is 55.9 cm³/mol. The minimum absolute atomic E-state index is 0.244. The molecule has 1 aliphatic heterocycles. The molecular weight excluding hydrogens is 202 g/mol. The third-order valence-corrected chi connectivity index (χ3v) is 3.00. The van der Waals surface area contributed by atoms with Crippen LogP contribution in [0.25, 0.3) is 0 Å². The zero-order chi connectivity index (χ0) is 10.1. The van der Waals surface area contributed by atoms with Crippen LogP contribution in [0.3, 0.4) is 0 Å². The van der Waals surface area contributed by atoms with Gasteiger partial charge < -0.3 is 4.90 Å². The van der Waals surface area contributed by atoms with Crippen LogP contribution < -0.4 is 10.5 Å². The van der Waals surface area contributed by atoms with Crippen molar-refractivity contribution in [1.29, 1.82) is 0 Å². The number of H-pyrrole nitrogens is 1. The highest BCUT2D eigenvalue weighted by Crippen LogP contribution is 2.28. The molecule has 1 saturated heterocycles. The summed E-state index contributed by atoms with van der Waals surface area (Å²) < 4.78 is 0. The zero-order valence-corrected chi connectivity index (χ0v) is 8.71. The molecule has 2 heterocycles. The second kappa shape index (κ2) is 3.61. The van der Waals surface area contributed by atoms with Crippen molar-refractivity contribution in [2.24, 2.45) is 0 Å². The van der Waals surface area contributed by atoms with Gasteiger partial charge in [0.25, 0.3) is 5.56 Å². The Balaban J connectivity index is 2.41. The summed E-state index contributed by atoms with van der Waals surface area (Å²) in [6.07, 6.45) is 3.90. The number of nitrogens with zero attached hydrogens (tertiary/aromatic N) is 2. The first-order valence-corrected chi connectivity index (χ1v) is 5.08. The van der Waals surface area contributed by atoms with Crippen LogP contribution in [0.5, 0.6) is 0 Å². The molecule has 1 fully saturated rings. The molecule has 1 aromatic heterocycles. The molecule has 1 aromatic rings. The minimum Gasteiger partial charge on any atom is -0.366 e. The number of aromatic nitrogens is 2. The summed E-state index contributed by atoms with van der Waals surface area (Å²) >= 11 is 5.91. The topological polar surface area (TPSA) is 49.0 Å². The molecule has 0 unspecified atom stereocenters. The monoisotopic (exact) mass is 213 g/mol. The van der Waals surface area contributed by atoms with Crippen LogP contribution in [0.2, 0.25) is 5.02 Å². The number of rotatable bonds is 1. The van der Waals surface area contributed by atoms with E-state index in [4.69, 9.17) is 11.6 Å². The van der Waals surface area contributed by atoms with E-state index in [0.29, 0.717) is 6.04 Å². The van der Waals surface area contributed by atoms with Gasteiger partial charge in [-0.25, -0.2) is 5.10 Å². The summed E-state index contributed by atoms with van der Waals surface area (Å²) in [6, 6.07) is 0.441. The Labute approximate surface area is 86.9 Å². The van der Waals surface area contributed by atoms with Crippen LogP contribution >= 0.6 is 11.6 Å². The number of hydrogen-bond donors (Lipinski definition) is 1. The Hall–Kier alpha value is -1.03. The average Bonchev–Trinajstić information content (AvgIpc) is 2.57. The lowest BCUT2D eigenvalue weighted by molar-refractivity contribution is 0.731. The van der Waals surface area contributed by atoms with E-state index >= 15 is 0 Å². The number of nitrogens with one attached hydrogen (secondary N) is 1. The number of halogens is 1. The Morgan fingerprint density at radius 3 is 3.14 bits per heavy atom. The third kappa shape index (κ3) is 1.50. The molecule has 0 spiro atoms. The molecule has 5 heteroatoms. The maximum Gasteiger partial charge on any atom is 0.285 e. The standard InChI is InChI=1S/C9H12ClN3O/c1-6-3-2-4-13(6)7-5-11-12-9(14)8(7)10/h5-6H,2-4H2,1H3,(H,12,14)/t6-/m0/s1. The molecule has 1 aliphatic rings. The first-order chi connectivity index (χ1) is 6.70. The van der Waals surface area contributed by atoms with Crippen molar-refractivity contribution < 1.29 is 0 Å². The highest BCUT2D eigenvalue weighted by atomic mass is 35.5. The van der Waals surface area contributed by atoms with E-state index in [9.17, 15) is 4.79 Å². The van der Waals surface area contributed by atoms with Gasteiger partial charge in [0.2, 0.25) is 0 Å². The van der Waals surface area contributed by atoms with Crippen molar-refractivity contribution in [3.05, 3.63) is 21.6 Å². The molecule has 0 bridgehead atoms. The number of aromatic amines is 1. The molecule has 0 saturated carbocycles. The van der Waals surface area contributed by atoms with Gasteiger partial charge in [0.15, 0.2) is 0 Å². The lowest BCUT2D eigenvalue weighted by Gasteiger charge is -2.23. The van der Waals surface area contributed by atoms with Crippen LogP contribution in [0.1, 0.15) is 19.8 Å². The van der Waals surface area contributed by atoms with E-state index in [0.717, 1.165) is 25.1 Å². The van der Waals surface area contributed by atoms with Gasteiger partial charge in [-0.05, 0) is 19.8 Å². The van der Waals surface area contributed by atoms with E-state index in [-0.39, 0.29) is 10.6 Å². The smallest absolute Gasteiger partial charge is 0.285 e. The molecule has 76 valence electrons. The SMILES string of the molecule is C[C@H]1CCCN1c1cn[nH]c(=O)c1Cl. The van der Waals surface area contributed by atoms with Crippen LogP contribution in [0.4, 0.5) is 5.69 Å². The van der Waals surface area contributed by atoms with Crippen molar-refractivity contribution in [1.82, 2.24) is 10.2 Å². The van der Waals surface area contributed by atoms with E-state index in [1.807, 2.05) is 0 Å². The summed E-state index contributed by atoms with van der Waals surface area (Å²) in [5.74, 6) is 0. The molecular formula is C9H12ClN3O. The zero-order valence-electron chi connectivity index (χ0n) is 7.96. The van der Waals surface area contributed by atoms with Crippen molar-refractivity contribution >= 4 is 17.3 Å². The normalized spacial score (nSPS) is 21.6. The third-order valence-electron chi connectivity index (χ3n) is 2.64. The van der Waals surface area contributed by atoms with Crippen molar-refractivity contribution in [2.45, 2.75) is 25.8 Å². The fourth-order valence-electron chi connectivity index (χ4n) is 1.87. The fraction of sp³-hybridized carbons (Fsp3) is 0.556. The summed E-state index contributed by atoms with van der Waals surface area (Å²) in [7, 11) is 0. The van der Waals surface area contributed by atoms with Crippen LogP contribution in [-0.4, -0.2) is 22.8 Å². The van der Waals surface area contributed by atoms with Crippen LogP contribution in [-0.2, 0) is 0 Å².